The molecular weight excluding hydrogens is 144 g/mol. The van der Waals surface area contributed by atoms with Gasteiger partial charge in [0.2, 0.25) is 5.88 Å². The Balaban J connectivity index is 2.74. The van der Waals surface area contributed by atoms with Gasteiger partial charge in [-0.3, -0.25) is 0 Å². The van der Waals surface area contributed by atoms with Crippen LogP contribution in [-0.2, 0) is 0 Å². The van der Waals surface area contributed by atoms with Crippen molar-refractivity contribution in [1.29, 1.82) is 0 Å². The zero-order valence-corrected chi connectivity index (χ0v) is 6.24. The van der Waals surface area contributed by atoms with E-state index in [2.05, 4.69) is 15.4 Å². The topological polar surface area (TPSA) is 73.1 Å². The van der Waals surface area contributed by atoms with Gasteiger partial charge < -0.3 is 10.2 Å². The second-order valence-electron chi connectivity index (χ2n) is 1.82. The molecule has 0 atom stereocenters. The van der Waals surface area contributed by atoms with E-state index < -0.39 is 0 Å². The lowest BCUT2D eigenvalue weighted by atomic mass is 10.6. The van der Waals surface area contributed by atoms with Crippen LogP contribution in [0.1, 0.15) is 6.92 Å². The summed E-state index contributed by atoms with van der Waals surface area (Å²) in [6.45, 7) is 2.47. The molecule has 11 heavy (non-hydrogen) atoms. The highest BCUT2D eigenvalue weighted by Crippen LogP contribution is 2.08. The summed E-state index contributed by atoms with van der Waals surface area (Å²) in [5, 5.41) is 0. The first-order valence-electron chi connectivity index (χ1n) is 3.28. The highest BCUT2D eigenvalue weighted by Gasteiger charge is 1.95. The lowest BCUT2D eigenvalue weighted by Crippen LogP contribution is -2.09. The van der Waals surface area contributed by atoms with Gasteiger partial charge in [-0.2, -0.15) is 0 Å². The molecule has 5 nitrogen and oxygen atoms in total. The molecule has 1 aromatic rings. The molecule has 0 saturated heterocycles. The molecule has 60 valence electrons. The molecule has 3 N–H and O–H groups in total. The third kappa shape index (κ3) is 2.05. The Morgan fingerprint density at radius 2 is 2.45 bits per heavy atom. The number of nitrogens with one attached hydrogen (secondary N) is 1. The van der Waals surface area contributed by atoms with Crippen molar-refractivity contribution in [2.45, 2.75) is 6.92 Å². The molecule has 0 aliphatic carbocycles. The molecule has 0 aliphatic rings. The maximum absolute atomic E-state index is 5.12. The van der Waals surface area contributed by atoms with Gasteiger partial charge in [0.25, 0.3) is 0 Å². The summed E-state index contributed by atoms with van der Waals surface area (Å²) in [5.41, 5.74) is 2.39. The van der Waals surface area contributed by atoms with E-state index in [0.717, 1.165) is 0 Å². The number of ether oxygens (including phenoxy) is 1. The van der Waals surface area contributed by atoms with Crippen molar-refractivity contribution in [1.82, 2.24) is 9.97 Å². The van der Waals surface area contributed by atoms with Crippen LogP contribution >= 0.6 is 0 Å². The molecule has 0 radical (unpaired) electrons. The predicted octanol–water partition coefficient (Wildman–Crippen LogP) is 0.161. The standard InChI is InChI=1S/C6H10N4O/c1-2-11-6-3-5(10-7)8-4-9-6/h3-4H,2,7H2,1H3,(H,8,9,10). The number of anilines is 1. The van der Waals surface area contributed by atoms with Gasteiger partial charge in [-0.05, 0) is 6.92 Å². The molecule has 1 rings (SSSR count). The van der Waals surface area contributed by atoms with E-state index in [-0.39, 0.29) is 0 Å². The Morgan fingerprint density at radius 3 is 3.09 bits per heavy atom. The Labute approximate surface area is 64.6 Å². The zero-order valence-electron chi connectivity index (χ0n) is 6.24. The fourth-order valence-electron chi connectivity index (χ4n) is 0.645. The third-order valence-electron chi connectivity index (χ3n) is 1.08. The van der Waals surface area contributed by atoms with Crippen molar-refractivity contribution in [3.63, 3.8) is 0 Å². The predicted molar refractivity (Wildman–Crippen MR) is 41.0 cm³/mol. The molecule has 0 bridgehead atoms. The minimum atomic E-state index is 0.524. The lowest BCUT2D eigenvalue weighted by Gasteiger charge is -2.02. The van der Waals surface area contributed by atoms with Crippen LogP contribution in [0.3, 0.4) is 0 Å². The maximum Gasteiger partial charge on any atom is 0.218 e. The number of nitrogens with zero attached hydrogens (tertiary/aromatic N) is 2. The van der Waals surface area contributed by atoms with Gasteiger partial charge >= 0.3 is 0 Å². The quantitative estimate of drug-likeness (QED) is 0.479. The summed E-state index contributed by atoms with van der Waals surface area (Å²) in [6.07, 6.45) is 1.39. The van der Waals surface area contributed by atoms with E-state index in [1.807, 2.05) is 6.92 Å². The third-order valence-corrected chi connectivity index (χ3v) is 1.08. The fourth-order valence-corrected chi connectivity index (χ4v) is 0.645. The molecule has 5 heteroatoms. The molecule has 0 aliphatic heterocycles. The van der Waals surface area contributed by atoms with E-state index >= 15 is 0 Å². The van der Waals surface area contributed by atoms with Gasteiger partial charge in [-0.1, -0.05) is 0 Å². The number of aromatic nitrogens is 2. The maximum atomic E-state index is 5.12. The lowest BCUT2D eigenvalue weighted by molar-refractivity contribution is 0.326. The van der Waals surface area contributed by atoms with Crippen molar-refractivity contribution >= 4 is 5.82 Å². The molecule has 0 fully saturated rings. The molecule has 0 saturated carbocycles. The molecule has 0 amide bonds. The summed E-state index contributed by atoms with van der Waals surface area (Å²) >= 11 is 0. The van der Waals surface area contributed by atoms with Gasteiger partial charge in [-0.15, -0.1) is 0 Å². The number of hydrogen-bond acceptors (Lipinski definition) is 5. The van der Waals surface area contributed by atoms with Gasteiger partial charge in [0.1, 0.15) is 12.1 Å². The highest BCUT2D eigenvalue weighted by molar-refractivity contribution is 5.35. The number of rotatable bonds is 3. The normalized spacial score (nSPS) is 9.27. The van der Waals surface area contributed by atoms with Crippen molar-refractivity contribution < 1.29 is 4.74 Å². The fraction of sp³-hybridized carbons (Fsp3) is 0.333. The van der Waals surface area contributed by atoms with Crippen LogP contribution in [0.4, 0.5) is 5.82 Å². The Hall–Kier alpha value is -1.36. The summed E-state index contributed by atoms with van der Waals surface area (Å²) < 4.78 is 5.10. The van der Waals surface area contributed by atoms with Crippen molar-refractivity contribution in [3.8, 4) is 5.88 Å². The van der Waals surface area contributed by atoms with E-state index in [9.17, 15) is 0 Å². The van der Waals surface area contributed by atoms with E-state index in [1.54, 1.807) is 6.07 Å². The van der Waals surface area contributed by atoms with Gasteiger partial charge in [0.05, 0.1) is 6.61 Å². The van der Waals surface area contributed by atoms with Gasteiger partial charge in [-0.25, -0.2) is 15.8 Å². The second kappa shape index (κ2) is 3.72. The monoisotopic (exact) mass is 154 g/mol. The number of nitrogens with two attached hydrogens (primary N) is 1. The van der Waals surface area contributed by atoms with E-state index in [0.29, 0.717) is 18.3 Å². The summed E-state index contributed by atoms with van der Waals surface area (Å²) in [4.78, 5) is 7.66. The SMILES string of the molecule is CCOc1cc(NN)ncn1. The minimum Gasteiger partial charge on any atom is -0.478 e. The number of hydrazine groups is 1. The molecule has 1 heterocycles. The Kier molecular flexibility index (Phi) is 2.62. The summed E-state index contributed by atoms with van der Waals surface area (Å²) in [5.74, 6) is 6.19. The largest absolute Gasteiger partial charge is 0.478 e. The molecule has 0 aromatic carbocycles. The van der Waals surface area contributed by atoms with Crippen molar-refractivity contribution in [3.05, 3.63) is 12.4 Å². The zero-order chi connectivity index (χ0) is 8.10. The highest BCUT2D eigenvalue weighted by atomic mass is 16.5. The molecule has 0 spiro atoms. The average Bonchev–Trinajstić information content (AvgIpc) is 2.06. The van der Waals surface area contributed by atoms with Crippen LogP contribution in [0.5, 0.6) is 5.88 Å². The molecular formula is C6H10N4O. The smallest absolute Gasteiger partial charge is 0.218 e. The van der Waals surface area contributed by atoms with Crippen LogP contribution in [-0.4, -0.2) is 16.6 Å². The molecule has 1 aromatic heterocycles. The number of nitrogen functional groups attached to an aromatic ring is 1. The summed E-state index contributed by atoms with van der Waals surface area (Å²) in [6, 6.07) is 1.63. The van der Waals surface area contributed by atoms with Crippen LogP contribution in [0.25, 0.3) is 0 Å². The van der Waals surface area contributed by atoms with Gasteiger partial charge in [0.15, 0.2) is 0 Å². The average molecular weight is 154 g/mol. The first-order chi connectivity index (χ1) is 5.36. The van der Waals surface area contributed by atoms with Crippen LogP contribution in [0, 0.1) is 0 Å². The van der Waals surface area contributed by atoms with Crippen molar-refractivity contribution in [2.75, 3.05) is 12.0 Å². The first-order valence-corrected chi connectivity index (χ1v) is 3.28. The van der Waals surface area contributed by atoms with Gasteiger partial charge in [0, 0.05) is 6.07 Å². The van der Waals surface area contributed by atoms with E-state index in [4.69, 9.17) is 10.6 Å². The van der Waals surface area contributed by atoms with Crippen molar-refractivity contribution in [2.24, 2.45) is 5.84 Å². The van der Waals surface area contributed by atoms with E-state index in [1.165, 1.54) is 6.33 Å². The minimum absolute atomic E-state index is 0.524. The van der Waals surface area contributed by atoms with Crippen LogP contribution in [0.15, 0.2) is 12.4 Å². The Bertz CT molecular complexity index is 228. The van der Waals surface area contributed by atoms with Crippen LogP contribution < -0.4 is 16.0 Å². The number of hydrogen-bond donors (Lipinski definition) is 2. The Morgan fingerprint density at radius 1 is 1.64 bits per heavy atom. The van der Waals surface area contributed by atoms with Crippen LogP contribution in [0.2, 0.25) is 0 Å². The first kappa shape index (κ1) is 7.74. The second-order valence-corrected chi connectivity index (χ2v) is 1.82. The molecule has 0 unspecified atom stereocenters. The summed E-state index contributed by atoms with van der Waals surface area (Å²) in [7, 11) is 0.